The van der Waals surface area contributed by atoms with Gasteiger partial charge in [-0.2, -0.15) is 0 Å². The monoisotopic (exact) mass is 139 g/mol. The summed E-state index contributed by atoms with van der Waals surface area (Å²) in [4.78, 5) is 4.18. The Kier molecular flexibility index (Phi) is 2.49. The largest absolute Gasteiger partial charge is 0.449 e. The predicted octanol–water partition coefficient (Wildman–Crippen LogP) is 2.33. The maximum atomic E-state index is 5.16. The van der Waals surface area contributed by atoms with Crippen molar-refractivity contribution in [3.63, 3.8) is 0 Å². The van der Waals surface area contributed by atoms with E-state index in [0.29, 0.717) is 0 Å². The van der Waals surface area contributed by atoms with E-state index < -0.39 is 0 Å². The van der Waals surface area contributed by atoms with Gasteiger partial charge in [0.2, 0.25) is 0 Å². The van der Waals surface area contributed by atoms with E-state index in [2.05, 4.69) is 11.9 Å². The van der Waals surface area contributed by atoms with Gasteiger partial charge in [0.05, 0.1) is 5.69 Å². The van der Waals surface area contributed by atoms with Crippen LogP contribution in [0, 0.1) is 6.92 Å². The second-order valence-electron chi connectivity index (χ2n) is 2.49. The molecule has 0 aromatic carbocycles. The Bertz CT molecular complexity index is 193. The summed E-state index contributed by atoms with van der Waals surface area (Å²) in [6.45, 7) is 4.11. The maximum absolute atomic E-state index is 5.16. The van der Waals surface area contributed by atoms with Crippen LogP contribution < -0.4 is 0 Å². The van der Waals surface area contributed by atoms with E-state index in [9.17, 15) is 0 Å². The normalized spacial score (nSPS) is 10.2. The van der Waals surface area contributed by atoms with E-state index in [1.165, 1.54) is 12.8 Å². The lowest BCUT2D eigenvalue weighted by atomic mass is 10.2. The molecule has 2 heteroatoms. The van der Waals surface area contributed by atoms with Crippen molar-refractivity contribution in [1.82, 2.24) is 4.98 Å². The molecule has 10 heavy (non-hydrogen) atoms. The Morgan fingerprint density at radius 3 is 2.90 bits per heavy atom. The van der Waals surface area contributed by atoms with Crippen molar-refractivity contribution < 1.29 is 4.42 Å². The van der Waals surface area contributed by atoms with Crippen molar-refractivity contribution in [2.24, 2.45) is 0 Å². The summed E-state index contributed by atoms with van der Waals surface area (Å²) in [5, 5.41) is 0. The third kappa shape index (κ3) is 1.87. The molecular weight excluding hydrogens is 126 g/mol. The molecule has 1 aromatic heterocycles. The maximum Gasteiger partial charge on any atom is 0.194 e. The number of hydrogen-bond donors (Lipinski definition) is 0. The Labute approximate surface area is 61.3 Å². The second kappa shape index (κ2) is 3.40. The number of oxazole rings is 1. The molecule has 2 nitrogen and oxygen atoms in total. The fourth-order valence-electron chi connectivity index (χ4n) is 0.846. The van der Waals surface area contributed by atoms with Crippen LogP contribution in [0.4, 0.5) is 0 Å². The van der Waals surface area contributed by atoms with E-state index in [1.807, 2.05) is 6.92 Å². The molecule has 1 aromatic rings. The number of aromatic nitrogens is 1. The van der Waals surface area contributed by atoms with Crippen LogP contribution in [0.15, 0.2) is 10.7 Å². The van der Waals surface area contributed by atoms with E-state index in [4.69, 9.17) is 4.42 Å². The molecule has 1 rings (SSSR count). The van der Waals surface area contributed by atoms with Crippen LogP contribution in [0.5, 0.6) is 0 Å². The molecule has 0 atom stereocenters. The fraction of sp³-hybridized carbons (Fsp3) is 0.625. The lowest BCUT2D eigenvalue weighted by molar-refractivity contribution is 0.485. The molecule has 0 aliphatic carbocycles. The Morgan fingerprint density at radius 2 is 2.40 bits per heavy atom. The van der Waals surface area contributed by atoms with Gasteiger partial charge in [0.15, 0.2) is 5.89 Å². The van der Waals surface area contributed by atoms with Gasteiger partial charge in [-0.05, 0) is 13.3 Å². The summed E-state index contributed by atoms with van der Waals surface area (Å²) < 4.78 is 5.16. The second-order valence-corrected chi connectivity index (χ2v) is 2.49. The summed E-state index contributed by atoms with van der Waals surface area (Å²) in [5.41, 5.74) is 0.978. The summed E-state index contributed by atoms with van der Waals surface area (Å²) in [5.74, 6) is 0.874. The number of nitrogens with zero attached hydrogens (tertiary/aromatic N) is 1. The zero-order valence-corrected chi connectivity index (χ0v) is 6.55. The lowest BCUT2D eigenvalue weighted by Gasteiger charge is -1.88. The Hall–Kier alpha value is -0.790. The van der Waals surface area contributed by atoms with Gasteiger partial charge in [-0.25, -0.2) is 4.98 Å². The van der Waals surface area contributed by atoms with Gasteiger partial charge < -0.3 is 4.42 Å². The molecule has 0 unspecified atom stereocenters. The van der Waals surface area contributed by atoms with E-state index >= 15 is 0 Å². The quantitative estimate of drug-likeness (QED) is 0.642. The zero-order chi connectivity index (χ0) is 7.40. The third-order valence-electron chi connectivity index (χ3n) is 1.41. The average molecular weight is 139 g/mol. The minimum Gasteiger partial charge on any atom is -0.449 e. The first-order chi connectivity index (χ1) is 4.83. The van der Waals surface area contributed by atoms with Gasteiger partial charge in [-0.15, -0.1) is 0 Å². The highest BCUT2D eigenvalue weighted by Crippen LogP contribution is 2.04. The molecular formula is C8H13NO. The van der Waals surface area contributed by atoms with Crippen LogP contribution >= 0.6 is 0 Å². The molecule has 0 N–H and O–H groups in total. The Balaban J connectivity index is 2.42. The summed E-state index contributed by atoms with van der Waals surface area (Å²) >= 11 is 0. The number of aryl methyl sites for hydroxylation is 2. The zero-order valence-electron chi connectivity index (χ0n) is 6.55. The minimum atomic E-state index is 0.874. The Morgan fingerprint density at radius 1 is 1.60 bits per heavy atom. The predicted molar refractivity (Wildman–Crippen MR) is 39.9 cm³/mol. The lowest BCUT2D eigenvalue weighted by Crippen LogP contribution is -1.83. The first kappa shape index (κ1) is 7.32. The first-order valence-corrected chi connectivity index (χ1v) is 3.74. The van der Waals surface area contributed by atoms with Crippen LogP contribution in [-0.2, 0) is 6.42 Å². The van der Waals surface area contributed by atoms with Crippen LogP contribution in [0.25, 0.3) is 0 Å². The van der Waals surface area contributed by atoms with Gasteiger partial charge in [0.1, 0.15) is 6.26 Å². The van der Waals surface area contributed by atoms with Crippen molar-refractivity contribution >= 4 is 0 Å². The summed E-state index contributed by atoms with van der Waals surface area (Å²) in [6, 6.07) is 0. The van der Waals surface area contributed by atoms with Gasteiger partial charge in [0.25, 0.3) is 0 Å². The van der Waals surface area contributed by atoms with E-state index in [0.717, 1.165) is 18.0 Å². The molecule has 56 valence electrons. The molecule has 0 aliphatic rings. The van der Waals surface area contributed by atoms with Gasteiger partial charge in [-0.1, -0.05) is 13.3 Å². The number of rotatable bonds is 3. The topological polar surface area (TPSA) is 26.0 Å². The van der Waals surface area contributed by atoms with Crippen LogP contribution in [0.1, 0.15) is 31.4 Å². The molecule has 0 saturated carbocycles. The highest BCUT2D eigenvalue weighted by molar-refractivity contribution is 4.92. The molecule has 0 fully saturated rings. The first-order valence-electron chi connectivity index (χ1n) is 3.74. The fourth-order valence-corrected chi connectivity index (χ4v) is 0.846. The molecule has 1 heterocycles. The van der Waals surface area contributed by atoms with E-state index in [1.54, 1.807) is 6.26 Å². The highest BCUT2D eigenvalue weighted by Gasteiger charge is 1.97. The molecule has 0 radical (unpaired) electrons. The summed E-state index contributed by atoms with van der Waals surface area (Å²) in [7, 11) is 0. The van der Waals surface area contributed by atoms with Crippen LogP contribution in [0.2, 0.25) is 0 Å². The molecule has 0 amide bonds. The smallest absolute Gasteiger partial charge is 0.194 e. The van der Waals surface area contributed by atoms with Crippen LogP contribution in [-0.4, -0.2) is 4.98 Å². The third-order valence-corrected chi connectivity index (χ3v) is 1.41. The van der Waals surface area contributed by atoms with Gasteiger partial charge in [0, 0.05) is 6.42 Å². The van der Waals surface area contributed by atoms with Crippen molar-refractivity contribution in [2.45, 2.75) is 33.1 Å². The van der Waals surface area contributed by atoms with E-state index in [-0.39, 0.29) is 0 Å². The molecule has 0 spiro atoms. The van der Waals surface area contributed by atoms with Crippen LogP contribution in [0.3, 0.4) is 0 Å². The highest BCUT2D eigenvalue weighted by atomic mass is 16.3. The van der Waals surface area contributed by atoms with Crippen molar-refractivity contribution in [2.75, 3.05) is 0 Å². The standard InChI is InChI=1S/C8H13NO/c1-3-4-5-8-9-7(2)6-10-8/h6H,3-5H2,1-2H3. The molecule has 0 bridgehead atoms. The van der Waals surface area contributed by atoms with Crippen molar-refractivity contribution in [1.29, 1.82) is 0 Å². The SMILES string of the molecule is CCCCc1nc(C)co1. The average Bonchev–Trinajstić information content (AvgIpc) is 2.31. The minimum absolute atomic E-state index is 0.874. The number of unbranched alkanes of at least 4 members (excludes halogenated alkanes) is 1. The number of hydrogen-bond acceptors (Lipinski definition) is 2. The van der Waals surface area contributed by atoms with Gasteiger partial charge in [-0.3, -0.25) is 0 Å². The molecule has 0 saturated heterocycles. The van der Waals surface area contributed by atoms with Crippen molar-refractivity contribution in [3.05, 3.63) is 17.8 Å². The van der Waals surface area contributed by atoms with Gasteiger partial charge >= 0.3 is 0 Å². The summed E-state index contributed by atoms with van der Waals surface area (Å²) in [6.07, 6.45) is 5.04. The molecule has 0 aliphatic heterocycles. The van der Waals surface area contributed by atoms with Crippen molar-refractivity contribution in [3.8, 4) is 0 Å².